The van der Waals surface area contributed by atoms with E-state index in [1.165, 1.54) is 4.90 Å². The van der Waals surface area contributed by atoms with Gasteiger partial charge in [0, 0.05) is 11.5 Å². The Bertz CT molecular complexity index is 1140. The normalized spacial score (nSPS) is 28.6. The van der Waals surface area contributed by atoms with Crippen molar-refractivity contribution in [1.82, 2.24) is 4.90 Å². The summed E-state index contributed by atoms with van der Waals surface area (Å²) < 4.78 is 5.86. The Morgan fingerprint density at radius 3 is 2.59 bits per heavy atom. The highest BCUT2D eigenvalue weighted by molar-refractivity contribution is 6.24. The summed E-state index contributed by atoms with van der Waals surface area (Å²) in [6.07, 6.45) is 2.27. The van der Waals surface area contributed by atoms with Crippen molar-refractivity contribution in [2.75, 3.05) is 20.7 Å². The van der Waals surface area contributed by atoms with Gasteiger partial charge >= 0.3 is 0 Å². The van der Waals surface area contributed by atoms with Crippen LogP contribution in [-0.4, -0.2) is 70.0 Å². The van der Waals surface area contributed by atoms with E-state index in [1.807, 2.05) is 19.1 Å². The predicted molar refractivity (Wildman–Crippen MR) is 123 cm³/mol. The first kappa shape index (κ1) is 24.0. The number of carbonyl (C=O) groups is 3. The second-order valence-electron chi connectivity index (χ2n) is 9.45. The van der Waals surface area contributed by atoms with E-state index < -0.39 is 52.3 Å². The molecular weight excluding hydrogens is 440 g/mol. The molecule has 1 aromatic carbocycles. The molecule has 4 rings (SSSR count). The lowest BCUT2D eigenvalue weighted by Crippen LogP contribution is -2.65. The lowest BCUT2D eigenvalue weighted by atomic mass is 9.57. The molecule has 3 aliphatic rings. The van der Waals surface area contributed by atoms with E-state index in [9.17, 15) is 29.7 Å². The third-order valence-electron chi connectivity index (χ3n) is 7.20. The summed E-state index contributed by atoms with van der Waals surface area (Å²) >= 11 is 0. The highest BCUT2D eigenvalue weighted by atomic mass is 16.5. The molecule has 0 radical (unpaired) electrons. The highest BCUT2D eigenvalue weighted by Crippen LogP contribution is 2.52. The fourth-order valence-electron chi connectivity index (χ4n) is 5.61. The third-order valence-corrected chi connectivity index (χ3v) is 7.20. The fraction of sp³-hybridized carbons (Fsp3) is 0.480. The number of Topliss-reactive ketones (excluding diaryl/α,β-unsaturated/α-hetero) is 2. The number of hydrogen-bond donors (Lipinski definition) is 4. The number of aliphatic hydroxyl groups excluding tert-OH is 2. The number of amides is 1. The molecule has 9 heteroatoms. The number of unbranched alkanes of at least 4 members (excludes halogenated alkanes) is 1. The Kier molecular flexibility index (Phi) is 6.03. The topological polar surface area (TPSA) is 150 Å². The van der Waals surface area contributed by atoms with E-state index in [-0.39, 0.29) is 17.8 Å². The fourth-order valence-corrected chi connectivity index (χ4v) is 5.61. The molecule has 0 spiro atoms. The SMILES string of the molecule is CCCCOc1cccc2c1C(O)=C1C(=O)C3(O)C(O)=C(C(N)=O)C(=O)C(N(C)C)C3CC1C2. The molecule has 1 fully saturated rings. The summed E-state index contributed by atoms with van der Waals surface area (Å²) in [7, 11) is 3.18. The number of ketones is 2. The molecule has 3 aliphatic carbocycles. The number of aliphatic hydroxyl groups is 3. The quantitative estimate of drug-likeness (QED) is 0.360. The van der Waals surface area contributed by atoms with Gasteiger partial charge in [-0.2, -0.15) is 0 Å². The zero-order valence-electron chi connectivity index (χ0n) is 19.5. The summed E-state index contributed by atoms with van der Waals surface area (Å²) in [5, 5.41) is 33.7. The molecule has 1 saturated carbocycles. The molecule has 182 valence electrons. The van der Waals surface area contributed by atoms with Crippen LogP contribution in [0.25, 0.3) is 5.76 Å². The van der Waals surface area contributed by atoms with Crippen molar-refractivity contribution in [2.24, 2.45) is 17.6 Å². The standard InChI is InChI=1S/C25H30N2O7/c1-4-5-9-34-15-8-6-7-12-10-13-11-14-19(27(2)3)21(29)18(24(26)32)23(31)25(14,33)22(30)17(13)20(28)16(12)15/h6-8,13-14,19,28,31,33H,4-5,9-11H2,1-3H3,(H2,26,32). The summed E-state index contributed by atoms with van der Waals surface area (Å²) in [6.45, 7) is 2.47. The molecule has 4 unspecified atom stereocenters. The van der Waals surface area contributed by atoms with Crippen LogP contribution in [-0.2, 0) is 20.8 Å². The number of hydrogen-bond acceptors (Lipinski definition) is 8. The van der Waals surface area contributed by atoms with Crippen molar-refractivity contribution >= 4 is 23.2 Å². The lowest BCUT2D eigenvalue weighted by Gasteiger charge is -2.50. The van der Waals surface area contributed by atoms with Crippen LogP contribution in [0.2, 0.25) is 0 Å². The van der Waals surface area contributed by atoms with E-state index in [2.05, 4.69) is 0 Å². The van der Waals surface area contributed by atoms with Crippen LogP contribution in [0.3, 0.4) is 0 Å². The van der Waals surface area contributed by atoms with Crippen LogP contribution in [0.4, 0.5) is 0 Å². The smallest absolute Gasteiger partial charge is 0.255 e. The number of likely N-dealkylation sites (N-methyl/N-ethyl adjacent to an activating group) is 1. The molecule has 34 heavy (non-hydrogen) atoms. The Hall–Kier alpha value is -3.17. The maximum atomic E-state index is 13.8. The number of fused-ring (bicyclic) bond motifs is 3. The summed E-state index contributed by atoms with van der Waals surface area (Å²) in [4.78, 5) is 40.3. The summed E-state index contributed by atoms with van der Waals surface area (Å²) in [6, 6.07) is 4.32. The number of rotatable bonds is 6. The first-order chi connectivity index (χ1) is 16.0. The number of nitrogens with zero attached hydrogens (tertiary/aromatic N) is 1. The molecule has 0 heterocycles. The zero-order valence-corrected chi connectivity index (χ0v) is 19.5. The van der Waals surface area contributed by atoms with Gasteiger partial charge in [-0.1, -0.05) is 25.5 Å². The van der Waals surface area contributed by atoms with Crippen LogP contribution in [0.15, 0.2) is 35.1 Å². The summed E-state index contributed by atoms with van der Waals surface area (Å²) in [5.74, 6) is -5.36. The highest BCUT2D eigenvalue weighted by Gasteiger charge is 2.64. The molecule has 0 aromatic heterocycles. The minimum Gasteiger partial charge on any atom is -0.508 e. The van der Waals surface area contributed by atoms with Crippen molar-refractivity contribution in [3.05, 3.63) is 46.2 Å². The van der Waals surface area contributed by atoms with Crippen LogP contribution in [0.1, 0.15) is 37.3 Å². The Morgan fingerprint density at radius 1 is 1.26 bits per heavy atom. The lowest BCUT2D eigenvalue weighted by molar-refractivity contribution is -0.153. The van der Waals surface area contributed by atoms with Gasteiger partial charge in [-0.15, -0.1) is 0 Å². The number of carbonyl (C=O) groups excluding carboxylic acids is 3. The van der Waals surface area contributed by atoms with Crippen molar-refractivity contribution in [3.8, 4) is 5.75 Å². The van der Waals surface area contributed by atoms with Crippen molar-refractivity contribution in [1.29, 1.82) is 0 Å². The first-order valence-corrected chi connectivity index (χ1v) is 11.4. The van der Waals surface area contributed by atoms with Gasteiger partial charge < -0.3 is 25.8 Å². The molecule has 1 amide bonds. The average molecular weight is 471 g/mol. The second-order valence-corrected chi connectivity index (χ2v) is 9.45. The van der Waals surface area contributed by atoms with Gasteiger partial charge in [-0.3, -0.25) is 19.3 Å². The average Bonchev–Trinajstić information content (AvgIpc) is 2.76. The monoisotopic (exact) mass is 470 g/mol. The van der Waals surface area contributed by atoms with Gasteiger partial charge in [0.2, 0.25) is 5.78 Å². The molecule has 5 N–H and O–H groups in total. The molecule has 0 aliphatic heterocycles. The Morgan fingerprint density at radius 2 is 1.97 bits per heavy atom. The van der Waals surface area contributed by atoms with E-state index in [0.29, 0.717) is 24.3 Å². The zero-order chi connectivity index (χ0) is 24.9. The maximum absolute atomic E-state index is 13.8. The van der Waals surface area contributed by atoms with Crippen LogP contribution < -0.4 is 10.5 Å². The summed E-state index contributed by atoms with van der Waals surface area (Å²) in [5.41, 5.74) is 3.12. The largest absolute Gasteiger partial charge is 0.508 e. The number of benzene rings is 1. The van der Waals surface area contributed by atoms with E-state index >= 15 is 0 Å². The number of ether oxygens (including phenoxy) is 1. The van der Waals surface area contributed by atoms with Gasteiger partial charge in [0.05, 0.1) is 18.2 Å². The van der Waals surface area contributed by atoms with Gasteiger partial charge in [0.1, 0.15) is 22.8 Å². The number of primary amides is 1. The van der Waals surface area contributed by atoms with Crippen LogP contribution in [0.5, 0.6) is 5.75 Å². The van der Waals surface area contributed by atoms with Crippen LogP contribution in [0, 0.1) is 11.8 Å². The molecule has 1 aromatic rings. The van der Waals surface area contributed by atoms with Crippen LogP contribution >= 0.6 is 0 Å². The van der Waals surface area contributed by atoms with E-state index in [4.69, 9.17) is 10.5 Å². The molecule has 0 saturated heterocycles. The molecule has 0 bridgehead atoms. The van der Waals surface area contributed by atoms with Crippen molar-refractivity contribution < 1.29 is 34.4 Å². The Balaban J connectivity index is 1.89. The van der Waals surface area contributed by atoms with Gasteiger partial charge in [-0.25, -0.2) is 0 Å². The first-order valence-electron chi connectivity index (χ1n) is 11.4. The van der Waals surface area contributed by atoms with E-state index in [1.54, 1.807) is 20.2 Å². The molecular formula is C25H30N2O7. The second kappa shape index (κ2) is 8.56. The van der Waals surface area contributed by atoms with Gasteiger partial charge in [0.15, 0.2) is 11.4 Å². The number of nitrogens with two attached hydrogens (primary N) is 1. The minimum atomic E-state index is -2.57. The maximum Gasteiger partial charge on any atom is 0.255 e. The minimum absolute atomic E-state index is 0.0417. The van der Waals surface area contributed by atoms with E-state index in [0.717, 1.165) is 18.4 Å². The predicted octanol–water partition coefficient (Wildman–Crippen LogP) is 1.44. The molecule has 9 nitrogen and oxygen atoms in total. The van der Waals surface area contributed by atoms with Gasteiger partial charge in [0.25, 0.3) is 5.91 Å². The third kappa shape index (κ3) is 3.33. The van der Waals surface area contributed by atoms with Crippen molar-refractivity contribution in [2.45, 2.75) is 44.2 Å². The Labute approximate surface area is 197 Å². The van der Waals surface area contributed by atoms with Crippen molar-refractivity contribution in [3.63, 3.8) is 0 Å². The van der Waals surface area contributed by atoms with Gasteiger partial charge in [-0.05, 0) is 50.9 Å². The molecule has 4 atom stereocenters.